The van der Waals surface area contributed by atoms with Crippen molar-refractivity contribution in [2.75, 3.05) is 21.2 Å². The molecule has 156 valence electrons. The minimum Gasteiger partial charge on any atom is -0.495 e. The zero-order valence-corrected chi connectivity index (χ0v) is 18.0. The molecule has 0 aliphatic heterocycles. The quantitative estimate of drug-likeness (QED) is 0.782. The van der Waals surface area contributed by atoms with Gasteiger partial charge in [0.25, 0.3) is 5.91 Å². The van der Waals surface area contributed by atoms with Crippen LogP contribution in [-0.2, 0) is 15.6 Å². The van der Waals surface area contributed by atoms with E-state index in [0.29, 0.717) is 5.56 Å². The molecule has 0 spiro atoms. The van der Waals surface area contributed by atoms with E-state index in [4.69, 9.17) is 4.74 Å². The van der Waals surface area contributed by atoms with Gasteiger partial charge in [-0.25, -0.2) is 12.7 Å². The van der Waals surface area contributed by atoms with Crippen LogP contribution in [0.15, 0.2) is 53.4 Å². The minimum atomic E-state index is -3.75. The van der Waals surface area contributed by atoms with Crippen molar-refractivity contribution < 1.29 is 17.9 Å². The van der Waals surface area contributed by atoms with Gasteiger partial charge in [0, 0.05) is 19.7 Å². The van der Waals surface area contributed by atoms with Crippen LogP contribution >= 0.6 is 0 Å². The van der Waals surface area contributed by atoms with Crippen LogP contribution in [-0.4, -0.2) is 39.8 Å². The predicted octanol–water partition coefficient (Wildman–Crippen LogP) is 3.53. The number of amides is 1. The number of methoxy groups -OCH3 is 1. The van der Waals surface area contributed by atoms with Gasteiger partial charge >= 0.3 is 0 Å². The topological polar surface area (TPSA) is 75.7 Å². The number of carbonyl (C=O) groups is 1. The van der Waals surface area contributed by atoms with E-state index in [9.17, 15) is 13.2 Å². The molecule has 29 heavy (non-hydrogen) atoms. The van der Waals surface area contributed by atoms with E-state index < -0.39 is 15.6 Å². The first kappa shape index (κ1) is 21.3. The number of rotatable bonds is 6. The van der Waals surface area contributed by atoms with Crippen molar-refractivity contribution in [1.82, 2.24) is 9.62 Å². The molecule has 0 heterocycles. The molecule has 1 aliphatic carbocycles. The summed E-state index contributed by atoms with van der Waals surface area (Å²) in [7, 11) is 0.570. The van der Waals surface area contributed by atoms with E-state index in [-0.39, 0.29) is 16.6 Å². The molecule has 0 atom stereocenters. The fourth-order valence-corrected chi connectivity index (χ4v) is 4.98. The van der Waals surface area contributed by atoms with E-state index in [2.05, 4.69) is 5.32 Å². The van der Waals surface area contributed by atoms with Gasteiger partial charge in [0.1, 0.15) is 10.6 Å². The lowest BCUT2D eigenvalue weighted by Gasteiger charge is -2.39. The third kappa shape index (κ3) is 4.31. The molecule has 1 fully saturated rings. The van der Waals surface area contributed by atoms with E-state index in [1.165, 1.54) is 33.3 Å². The highest BCUT2D eigenvalue weighted by Crippen LogP contribution is 2.37. The van der Waals surface area contributed by atoms with E-state index in [1.807, 2.05) is 30.3 Å². The van der Waals surface area contributed by atoms with Crippen LogP contribution in [0.1, 0.15) is 48.0 Å². The second kappa shape index (κ2) is 8.55. The minimum absolute atomic E-state index is 0.0185. The lowest BCUT2D eigenvalue weighted by atomic mass is 9.76. The molecule has 1 saturated carbocycles. The number of hydrogen-bond acceptors (Lipinski definition) is 4. The van der Waals surface area contributed by atoms with Crippen molar-refractivity contribution in [3.05, 3.63) is 59.7 Å². The van der Waals surface area contributed by atoms with Gasteiger partial charge in [0.2, 0.25) is 10.0 Å². The summed E-state index contributed by atoms with van der Waals surface area (Å²) in [6, 6.07) is 14.5. The van der Waals surface area contributed by atoms with Crippen LogP contribution in [0.2, 0.25) is 0 Å². The smallest absolute Gasteiger partial charge is 0.252 e. The predicted molar refractivity (Wildman–Crippen MR) is 113 cm³/mol. The average Bonchev–Trinajstić information content (AvgIpc) is 2.74. The maximum Gasteiger partial charge on any atom is 0.252 e. The molecule has 2 aromatic rings. The summed E-state index contributed by atoms with van der Waals surface area (Å²) in [5.74, 6) is -0.0701. The Morgan fingerprint density at radius 3 is 2.28 bits per heavy atom. The number of sulfonamides is 1. The second-order valence-corrected chi connectivity index (χ2v) is 9.74. The number of ether oxygens (including phenoxy) is 1. The van der Waals surface area contributed by atoms with E-state index >= 15 is 0 Å². The Labute approximate surface area is 172 Å². The summed E-state index contributed by atoms with van der Waals surface area (Å²) in [5, 5.41) is 3.22. The Morgan fingerprint density at radius 2 is 1.69 bits per heavy atom. The summed E-state index contributed by atoms with van der Waals surface area (Å²) < 4.78 is 31.7. The highest BCUT2D eigenvalue weighted by atomic mass is 32.2. The molecule has 0 unspecified atom stereocenters. The zero-order valence-electron chi connectivity index (χ0n) is 17.1. The van der Waals surface area contributed by atoms with Gasteiger partial charge in [-0.1, -0.05) is 49.6 Å². The summed E-state index contributed by atoms with van der Waals surface area (Å²) in [6.07, 6.45) is 4.96. The van der Waals surface area contributed by atoms with Gasteiger partial charge in [0.05, 0.1) is 12.6 Å². The number of carbonyl (C=O) groups excluding carboxylic acids is 1. The summed E-state index contributed by atoms with van der Waals surface area (Å²) >= 11 is 0. The van der Waals surface area contributed by atoms with Crippen molar-refractivity contribution in [1.29, 1.82) is 0 Å². The molecule has 1 aliphatic rings. The van der Waals surface area contributed by atoms with Crippen molar-refractivity contribution in [2.45, 2.75) is 42.5 Å². The maximum absolute atomic E-state index is 13.2. The van der Waals surface area contributed by atoms with Gasteiger partial charge < -0.3 is 10.1 Å². The SMILES string of the molecule is COc1ccc(C(=O)NC2(c3ccccc3)CCCCC2)cc1S(=O)(=O)N(C)C. The molecule has 3 rings (SSSR count). The van der Waals surface area contributed by atoms with Crippen LogP contribution in [0.3, 0.4) is 0 Å². The van der Waals surface area contributed by atoms with Gasteiger partial charge in [-0.05, 0) is 36.6 Å². The highest BCUT2D eigenvalue weighted by Gasteiger charge is 2.36. The second-order valence-electron chi connectivity index (χ2n) is 7.62. The number of nitrogens with zero attached hydrogens (tertiary/aromatic N) is 1. The Bertz CT molecular complexity index is 966. The summed E-state index contributed by atoms with van der Waals surface area (Å²) in [5.41, 5.74) is 0.951. The molecular weight excluding hydrogens is 388 g/mol. The van der Waals surface area contributed by atoms with Crippen molar-refractivity contribution >= 4 is 15.9 Å². The van der Waals surface area contributed by atoms with Crippen LogP contribution < -0.4 is 10.1 Å². The van der Waals surface area contributed by atoms with Crippen LogP contribution in [0.5, 0.6) is 5.75 Å². The van der Waals surface area contributed by atoms with Gasteiger partial charge in [-0.3, -0.25) is 4.79 Å². The average molecular weight is 417 g/mol. The third-order valence-electron chi connectivity index (χ3n) is 5.57. The fourth-order valence-electron chi connectivity index (χ4n) is 3.90. The molecule has 0 radical (unpaired) electrons. The first-order valence-electron chi connectivity index (χ1n) is 9.79. The Morgan fingerprint density at radius 1 is 1.03 bits per heavy atom. The van der Waals surface area contributed by atoms with Crippen molar-refractivity contribution in [3.63, 3.8) is 0 Å². The highest BCUT2D eigenvalue weighted by molar-refractivity contribution is 7.89. The Hall–Kier alpha value is -2.38. The molecule has 0 aromatic heterocycles. The lowest BCUT2D eigenvalue weighted by molar-refractivity contribution is 0.0866. The first-order chi connectivity index (χ1) is 13.8. The maximum atomic E-state index is 13.2. The molecule has 2 aromatic carbocycles. The molecule has 7 heteroatoms. The largest absolute Gasteiger partial charge is 0.495 e. The van der Waals surface area contributed by atoms with Crippen LogP contribution in [0, 0.1) is 0 Å². The standard InChI is InChI=1S/C22H28N2O4S/c1-24(2)29(26,27)20-16-17(12-13-19(20)28-3)21(25)23-22(14-8-5-9-15-22)18-10-6-4-7-11-18/h4,6-7,10-13,16H,5,8-9,14-15H2,1-3H3,(H,23,25). The van der Waals surface area contributed by atoms with Gasteiger partial charge in [-0.15, -0.1) is 0 Å². The van der Waals surface area contributed by atoms with E-state index in [1.54, 1.807) is 6.07 Å². The summed E-state index contributed by atoms with van der Waals surface area (Å²) in [6.45, 7) is 0. The van der Waals surface area contributed by atoms with Gasteiger partial charge in [-0.2, -0.15) is 0 Å². The number of nitrogens with one attached hydrogen (secondary N) is 1. The molecular formula is C22H28N2O4S. The van der Waals surface area contributed by atoms with Crippen LogP contribution in [0.4, 0.5) is 0 Å². The normalized spacial score (nSPS) is 16.4. The molecule has 1 amide bonds. The summed E-state index contributed by atoms with van der Waals surface area (Å²) in [4.78, 5) is 13.2. The molecule has 6 nitrogen and oxygen atoms in total. The van der Waals surface area contributed by atoms with Crippen LogP contribution in [0.25, 0.3) is 0 Å². The zero-order chi connectivity index (χ0) is 21.1. The Kier molecular flexibility index (Phi) is 6.29. The lowest BCUT2D eigenvalue weighted by Crippen LogP contribution is -2.47. The molecule has 0 saturated heterocycles. The molecule has 1 N–H and O–H groups in total. The van der Waals surface area contributed by atoms with Crippen molar-refractivity contribution in [2.24, 2.45) is 0 Å². The monoisotopic (exact) mass is 416 g/mol. The fraction of sp³-hybridized carbons (Fsp3) is 0.409. The van der Waals surface area contributed by atoms with Crippen molar-refractivity contribution in [3.8, 4) is 5.75 Å². The number of benzene rings is 2. The van der Waals surface area contributed by atoms with Gasteiger partial charge in [0.15, 0.2) is 0 Å². The molecule has 0 bridgehead atoms. The third-order valence-corrected chi connectivity index (χ3v) is 7.41. The first-order valence-corrected chi connectivity index (χ1v) is 11.2. The number of hydrogen-bond donors (Lipinski definition) is 1. The Balaban J connectivity index is 1.97. The van der Waals surface area contributed by atoms with E-state index in [0.717, 1.165) is 42.0 Å².